The van der Waals surface area contributed by atoms with Gasteiger partial charge in [-0.3, -0.25) is 9.59 Å². The van der Waals surface area contributed by atoms with Crippen molar-refractivity contribution in [2.24, 2.45) is 5.92 Å². The third-order valence-electron chi connectivity index (χ3n) is 6.14. The van der Waals surface area contributed by atoms with E-state index in [2.05, 4.69) is 30.6 Å². The van der Waals surface area contributed by atoms with Gasteiger partial charge in [-0.25, -0.2) is 19.3 Å². The predicted molar refractivity (Wildman–Crippen MR) is 143 cm³/mol. The first kappa shape index (κ1) is 23.9. The molecule has 0 spiro atoms. The number of halogens is 1. The van der Waals surface area contributed by atoms with Crippen molar-refractivity contribution in [2.75, 3.05) is 10.6 Å². The molecule has 1 saturated carbocycles. The maximum atomic E-state index is 13.5. The number of aromatic nitrogens is 5. The minimum absolute atomic E-state index is 0.0115. The SMILES string of the molecule is Cc1cn(-c2cc(CF)cc(NC(=O)c3ccc(-c4cnc5nc(NC(=O)C6CC6)sc5n4)cc3)c2)cn1. The summed E-state index contributed by atoms with van der Waals surface area (Å²) in [5, 5.41) is 6.18. The lowest BCUT2D eigenvalue weighted by Crippen LogP contribution is -2.12. The minimum atomic E-state index is -0.654. The van der Waals surface area contributed by atoms with Gasteiger partial charge in [-0.05, 0) is 55.7 Å². The number of nitrogens with one attached hydrogen (secondary N) is 2. The van der Waals surface area contributed by atoms with Crippen LogP contribution in [0, 0.1) is 12.8 Å². The van der Waals surface area contributed by atoms with Gasteiger partial charge in [0.25, 0.3) is 5.91 Å². The number of aryl methyl sites for hydroxylation is 1. The van der Waals surface area contributed by atoms with E-state index in [0.717, 1.165) is 24.1 Å². The van der Waals surface area contributed by atoms with Crippen LogP contribution in [0.4, 0.5) is 15.2 Å². The second-order valence-corrected chi connectivity index (χ2v) is 10.1. The van der Waals surface area contributed by atoms with Crippen molar-refractivity contribution in [3.63, 3.8) is 0 Å². The van der Waals surface area contributed by atoms with Gasteiger partial charge >= 0.3 is 0 Å². The van der Waals surface area contributed by atoms with Crippen LogP contribution in [-0.2, 0) is 11.5 Å². The molecule has 3 aromatic heterocycles. The topological polar surface area (TPSA) is 115 Å². The zero-order chi connectivity index (χ0) is 26.2. The quantitative estimate of drug-likeness (QED) is 0.296. The molecule has 5 aromatic rings. The predicted octanol–water partition coefficient (Wildman–Crippen LogP) is 5.32. The first-order valence-corrected chi connectivity index (χ1v) is 12.8. The summed E-state index contributed by atoms with van der Waals surface area (Å²) in [4.78, 5) is 43.1. The molecule has 1 aliphatic carbocycles. The van der Waals surface area contributed by atoms with Crippen LogP contribution in [0.2, 0.25) is 0 Å². The average Bonchev–Trinajstić information content (AvgIpc) is 3.57. The zero-order valence-corrected chi connectivity index (χ0v) is 21.1. The highest BCUT2D eigenvalue weighted by molar-refractivity contribution is 7.21. The van der Waals surface area contributed by atoms with Crippen molar-refractivity contribution < 1.29 is 14.0 Å². The molecule has 0 saturated heterocycles. The van der Waals surface area contributed by atoms with Crippen LogP contribution >= 0.6 is 11.3 Å². The summed E-state index contributed by atoms with van der Waals surface area (Å²) in [5.74, 6) is -0.243. The van der Waals surface area contributed by atoms with E-state index in [1.807, 2.05) is 13.1 Å². The van der Waals surface area contributed by atoms with E-state index in [-0.39, 0.29) is 17.7 Å². The van der Waals surface area contributed by atoms with Crippen LogP contribution in [0.25, 0.3) is 27.4 Å². The number of hydrogen-bond donors (Lipinski definition) is 2. The number of anilines is 2. The Hall–Kier alpha value is -4.51. The fraction of sp³-hybridized carbons (Fsp3) is 0.185. The van der Waals surface area contributed by atoms with Crippen LogP contribution in [-0.4, -0.2) is 36.3 Å². The average molecular weight is 528 g/mol. The number of rotatable bonds is 7. The van der Waals surface area contributed by atoms with Gasteiger partial charge < -0.3 is 15.2 Å². The fourth-order valence-corrected chi connectivity index (χ4v) is 4.80. The molecule has 2 N–H and O–H groups in total. The van der Waals surface area contributed by atoms with Crippen molar-refractivity contribution in [2.45, 2.75) is 26.4 Å². The van der Waals surface area contributed by atoms with E-state index in [4.69, 9.17) is 0 Å². The number of benzene rings is 2. The Balaban J connectivity index is 1.18. The van der Waals surface area contributed by atoms with Crippen LogP contribution < -0.4 is 10.6 Å². The van der Waals surface area contributed by atoms with Gasteiger partial charge in [-0.2, -0.15) is 4.98 Å². The molecule has 0 aliphatic heterocycles. The number of amides is 2. The number of nitrogens with zero attached hydrogens (tertiary/aromatic N) is 5. The molecule has 6 rings (SSSR count). The third-order valence-corrected chi connectivity index (χ3v) is 7.00. The Labute approximate surface area is 220 Å². The number of fused-ring (bicyclic) bond motifs is 1. The van der Waals surface area contributed by atoms with E-state index >= 15 is 0 Å². The molecule has 3 heterocycles. The Morgan fingerprint density at radius 2 is 1.89 bits per heavy atom. The van der Waals surface area contributed by atoms with Crippen molar-refractivity contribution in [3.05, 3.63) is 78.0 Å². The second kappa shape index (κ2) is 9.75. The summed E-state index contributed by atoms with van der Waals surface area (Å²) < 4.78 is 15.3. The maximum absolute atomic E-state index is 13.5. The molecule has 0 radical (unpaired) electrons. The fourth-order valence-electron chi connectivity index (χ4n) is 4.00. The molecular formula is C27H22FN7O2S. The summed E-state index contributed by atoms with van der Waals surface area (Å²) in [6.45, 7) is 1.22. The van der Waals surface area contributed by atoms with Gasteiger partial charge in [0.1, 0.15) is 6.67 Å². The first-order chi connectivity index (χ1) is 18.4. The summed E-state index contributed by atoms with van der Waals surface area (Å²) >= 11 is 1.28. The van der Waals surface area contributed by atoms with E-state index in [9.17, 15) is 14.0 Å². The Morgan fingerprint density at radius 3 is 2.61 bits per heavy atom. The normalized spacial score (nSPS) is 13.0. The monoisotopic (exact) mass is 527 g/mol. The molecule has 0 bridgehead atoms. The molecule has 0 unspecified atom stereocenters. The number of carbonyl (C=O) groups is 2. The smallest absolute Gasteiger partial charge is 0.255 e. The highest BCUT2D eigenvalue weighted by Crippen LogP contribution is 2.32. The molecule has 38 heavy (non-hydrogen) atoms. The highest BCUT2D eigenvalue weighted by Gasteiger charge is 2.30. The number of hydrogen-bond acceptors (Lipinski definition) is 7. The van der Waals surface area contributed by atoms with Crippen molar-refractivity contribution in [1.29, 1.82) is 0 Å². The lowest BCUT2D eigenvalue weighted by molar-refractivity contribution is -0.117. The number of carbonyl (C=O) groups excluding carboxylic acids is 2. The highest BCUT2D eigenvalue weighted by atomic mass is 32.1. The van der Waals surface area contributed by atoms with E-state index in [1.165, 1.54) is 11.3 Å². The molecule has 190 valence electrons. The molecule has 2 amide bonds. The summed E-state index contributed by atoms with van der Waals surface area (Å²) in [5.41, 5.74) is 4.81. The zero-order valence-electron chi connectivity index (χ0n) is 20.3. The van der Waals surface area contributed by atoms with Crippen LogP contribution in [0.1, 0.15) is 34.5 Å². The minimum Gasteiger partial charge on any atom is -0.322 e. The Bertz CT molecular complexity index is 1670. The summed E-state index contributed by atoms with van der Waals surface area (Å²) in [6, 6.07) is 12.1. The standard InChI is InChI=1S/C27H22FN7O2S/c1-15-13-35(14-30-15)21-9-16(11-28)8-20(10-21)31-24(36)18-4-2-17(3-5-18)22-12-29-23-26(32-22)38-27(33-23)34-25(37)19-6-7-19/h2-5,8-10,12-14,19H,6-7,11H2,1H3,(H,31,36)(H,29,33,34,37). The van der Waals surface area contributed by atoms with Crippen LogP contribution in [0.5, 0.6) is 0 Å². The van der Waals surface area contributed by atoms with Gasteiger partial charge in [0.2, 0.25) is 5.91 Å². The van der Waals surface area contributed by atoms with E-state index < -0.39 is 6.67 Å². The van der Waals surface area contributed by atoms with Crippen molar-refractivity contribution in [3.8, 4) is 16.9 Å². The molecule has 0 atom stereocenters. The largest absolute Gasteiger partial charge is 0.322 e. The van der Waals surface area contributed by atoms with Gasteiger partial charge in [0.15, 0.2) is 15.6 Å². The maximum Gasteiger partial charge on any atom is 0.255 e. The van der Waals surface area contributed by atoms with Gasteiger partial charge in [-0.15, -0.1) is 0 Å². The second-order valence-electron chi connectivity index (χ2n) is 9.14. The molecule has 1 aliphatic rings. The van der Waals surface area contributed by atoms with E-state index in [0.29, 0.717) is 43.8 Å². The molecule has 1 fully saturated rings. The lowest BCUT2D eigenvalue weighted by Gasteiger charge is -2.11. The van der Waals surface area contributed by atoms with E-state index in [1.54, 1.807) is 59.6 Å². The van der Waals surface area contributed by atoms with Crippen molar-refractivity contribution >= 4 is 44.4 Å². The number of alkyl halides is 1. The molecule has 2 aromatic carbocycles. The lowest BCUT2D eigenvalue weighted by atomic mass is 10.1. The Kier molecular flexibility index (Phi) is 6.12. The summed E-state index contributed by atoms with van der Waals surface area (Å²) in [6.07, 6.45) is 6.93. The molecular weight excluding hydrogens is 505 g/mol. The first-order valence-electron chi connectivity index (χ1n) is 12.0. The number of imidazole rings is 1. The number of thiazole rings is 1. The van der Waals surface area contributed by atoms with Gasteiger partial charge in [-0.1, -0.05) is 23.5 Å². The van der Waals surface area contributed by atoms with Crippen LogP contribution in [0.15, 0.2) is 61.2 Å². The van der Waals surface area contributed by atoms with Gasteiger partial charge in [0, 0.05) is 34.6 Å². The summed E-state index contributed by atoms with van der Waals surface area (Å²) in [7, 11) is 0. The Morgan fingerprint density at radius 1 is 1.08 bits per heavy atom. The molecule has 11 heteroatoms. The van der Waals surface area contributed by atoms with Gasteiger partial charge in [0.05, 0.1) is 23.9 Å². The van der Waals surface area contributed by atoms with Crippen molar-refractivity contribution in [1.82, 2.24) is 24.5 Å². The molecule has 9 nitrogen and oxygen atoms in total. The van der Waals surface area contributed by atoms with Crippen LogP contribution in [0.3, 0.4) is 0 Å². The third kappa shape index (κ3) is 5.00.